The van der Waals surface area contributed by atoms with E-state index in [2.05, 4.69) is 10.3 Å². The van der Waals surface area contributed by atoms with E-state index < -0.39 is 5.91 Å². The van der Waals surface area contributed by atoms with Gasteiger partial charge in [-0.1, -0.05) is 0 Å². The molecule has 0 aliphatic rings. The number of nitrogens with one attached hydrogen (secondary N) is 1. The number of furan rings is 1. The number of methoxy groups -OCH3 is 3. The summed E-state index contributed by atoms with van der Waals surface area (Å²) in [4.78, 5) is 17.1. The van der Waals surface area contributed by atoms with Crippen LogP contribution in [0.2, 0.25) is 0 Å². The summed E-state index contributed by atoms with van der Waals surface area (Å²) < 4.78 is 21.4. The SMILES string of the molecule is COc1ccc(NC(=O)c2cc3cc4cc(OC)ccc4nc3o2)c(OC)c1. The van der Waals surface area contributed by atoms with Crippen LogP contribution in [-0.4, -0.2) is 32.2 Å². The van der Waals surface area contributed by atoms with Gasteiger partial charge in [0.05, 0.1) is 32.5 Å². The van der Waals surface area contributed by atoms with Crippen LogP contribution in [0.3, 0.4) is 0 Å². The van der Waals surface area contributed by atoms with Gasteiger partial charge in [-0.25, -0.2) is 4.98 Å². The van der Waals surface area contributed by atoms with Crippen LogP contribution in [0.15, 0.2) is 52.9 Å². The van der Waals surface area contributed by atoms with Gasteiger partial charge >= 0.3 is 0 Å². The Kier molecular flexibility index (Phi) is 4.49. The Balaban J connectivity index is 1.67. The van der Waals surface area contributed by atoms with Crippen molar-refractivity contribution < 1.29 is 23.4 Å². The number of nitrogens with zero attached hydrogens (tertiary/aromatic N) is 1. The molecular formula is C21H18N2O5. The van der Waals surface area contributed by atoms with Crippen molar-refractivity contribution in [3.63, 3.8) is 0 Å². The third-order valence-electron chi connectivity index (χ3n) is 4.39. The first kappa shape index (κ1) is 17.7. The Bertz CT molecular complexity index is 1180. The molecule has 0 saturated heterocycles. The van der Waals surface area contributed by atoms with Crippen LogP contribution in [0, 0.1) is 0 Å². The number of aromatic nitrogens is 1. The van der Waals surface area contributed by atoms with E-state index in [0.29, 0.717) is 22.9 Å². The molecule has 0 spiro atoms. The van der Waals surface area contributed by atoms with E-state index >= 15 is 0 Å². The number of rotatable bonds is 5. The van der Waals surface area contributed by atoms with E-state index in [1.54, 1.807) is 38.5 Å². The molecule has 4 aromatic rings. The molecule has 7 heteroatoms. The Morgan fingerprint density at radius 2 is 1.64 bits per heavy atom. The predicted molar refractivity (Wildman–Crippen MR) is 106 cm³/mol. The van der Waals surface area contributed by atoms with Crippen LogP contribution in [0.5, 0.6) is 17.2 Å². The third kappa shape index (κ3) is 3.18. The first-order valence-corrected chi connectivity index (χ1v) is 8.53. The number of ether oxygens (including phenoxy) is 3. The predicted octanol–water partition coefficient (Wildman–Crippen LogP) is 4.26. The molecule has 142 valence electrons. The summed E-state index contributed by atoms with van der Waals surface area (Å²) in [6.45, 7) is 0. The Morgan fingerprint density at radius 1 is 0.893 bits per heavy atom. The molecule has 0 fully saturated rings. The maximum absolute atomic E-state index is 12.7. The molecule has 0 aliphatic carbocycles. The fraction of sp³-hybridized carbons (Fsp3) is 0.143. The van der Waals surface area contributed by atoms with Gasteiger partial charge in [-0.3, -0.25) is 4.79 Å². The van der Waals surface area contributed by atoms with Crippen molar-refractivity contribution in [1.29, 1.82) is 0 Å². The average Bonchev–Trinajstić information content (AvgIpc) is 3.14. The maximum atomic E-state index is 12.7. The zero-order chi connectivity index (χ0) is 19.7. The fourth-order valence-electron chi connectivity index (χ4n) is 2.94. The van der Waals surface area contributed by atoms with Gasteiger partial charge in [-0.15, -0.1) is 0 Å². The number of hydrogen-bond acceptors (Lipinski definition) is 6. The molecule has 0 aliphatic heterocycles. The molecule has 2 heterocycles. The van der Waals surface area contributed by atoms with Gasteiger partial charge in [0, 0.05) is 16.8 Å². The minimum atomic E-state index is -0.400. The molecule has 1 amide bonds. The topological polar surface area (TPSA) is 82.8 Å². The molecule has 2 aromatic carbocycles. The largest absolute Gasteiger partial charge is 0.497 e. The molecule has 0 saturated carbocycles. The lowest BCUT2D eigenvalue weighted by molar-refractivity contribution is 0.0998. The highest BCUT2D eigenvalue weighted by Crippen LogP contribution is 2.30. The van der Waals surface area contributed by atoms with E-state index in [4.69, 9.17) is 18.6 Å². The van der Waals surface area contributed by atoms with Crippen LogP contribution in [0.1, 0.15) is 10.6 Å². The molecule has 0 atom stereocenters. The van der Waals surface area contributed by atoms with E-state index in [1.807, 2.05) is 24.3 Å². The zero-order valence-electron chi connectivity index (χ0n) is 15.6. The zero-order valence-corrected chi connectivity index (χ0v) is 15.6. The van der Waals surface area contributed by atoms with Crippen molar-refractivity contribution in [2.24, 2.45) is 0 Å². The van der Waals surface area contributed by atoms with Crippen LogP contribution in [0.4, 0.5) is 5.69 Å². The number of hydrogen-bond donors (Lipinski definition) is 1. The summed E-state index contributed by atoms with van der Waals surface area (Å²) in [7, 11) is 4.70. The highest BCUT2D eigenvalue weighted by atomic mass is 16.5. The standard InChI is InChI=1S/C21H18N2O5/c1-25-14-4-6-16-12(9-14)8-13-10-19(28-21(13)23-16)20(24)22-17-7-5-15(26-2)11-18(17)27-3/h4-11H,1-3H3,(H,22,24). The van der Waals surface area contributed by atoms with Gasteiger partial charge < -0.3 is 23.9 Å². The minimum Gasteiger partial charge on any atom is -0.497 e. The number of fused-ring (bicyclic) bond motifs is 2. The summed E-state index contributed by atoms with van der Waals surface area (Å²) in [5, 5.41) is 4.42. The number of carbonyl (C=O) groups is 1. The lowest BCUT2D eigenvalue weighted by Gasteiger charge is -2.10. The molecule has 0 unspecified atom stereocenters. The van der Waals surface area contributed by atoms with E-state index in [9.17, 15) is 4.79 Å². The van der Waals surface area contributed by atoms with Crippen molar-refractivity contribution in [3.8, 4) is 17.2 Å². The molecule has 2 aromatic heterocycles. The monoisotopic (exact) mass is 378 g/mol. The van der Waals surface area contributed by atoms with E-state index in [0.717, 1.165) is 22.0 Å². The van der Waals surface area contributed by atoms with Crippen molar-refractivity contribution in [3.05, 3.63) is 54.3 Å². The maximum Gasteiger partial charge on any atom is 0.291 e. The van der Waals surface area contributed by atoms with E-state index in [-0.39, 0.29) is 5.76 Å². The second-order valence-corrected chi connectivity index (χ2v) is 6.07. The number of anilines is 1. The Hall–Kier alpha value is -3.74. The van der Waals surface area contributed by atoms with Crippen LogP contribution in [-0.2, 0) is 0 Å². The Labute approximate surface area is 160 Å². The van der Waals surface area contributed by atoms with Gasteiger partial charge in [0.25, 0.3) is 5.91 Å². The third-order valence-corrected chi connectivity index (χ3v) is 4.39. The van der Waals surface area contributed by atoms with E-state index in [1.165, 1.54) is 7.11 Å². The lowest BCUT2D eigenvalue weighted by Crippen LogP contribution is -2.11. The molecular weight excluding hydrogens is 360 g/mol. The molecule has 0 bridgehead atoms. The summed E-state index contributed by atoms with van der Waals surface area (Å²) in [6, 6.07) is 14.3. The summed E-state index contributed by atoms with van der Waals surface area (Å²) in [5.41, 5.74) is 1.66. The minimum absolute atomic E-state index is 0.155. The van der Waals surface area contributed by atoms with Crippen molar-refractivity contribution in [2.75, 3.05) is 26.6 Å². The molecule has 1 N–H and O–H groups in total. The van der Waals surface area contributed by atoms with Crippen LogP contribution in [0.25, 0.3) is 22.0 Å². The number of amides is 1. The molecule has 7 nitrogen and oxygen atoms in total. The number of benzene rings is 2. The second-order valence-electron chi connectivity index (χ2n) is 6.07. The Morgan fingerprint density at radius 3 is 2.39 bits per heavy atom. The molecule has 4 rings (SSSR count). The smallest absolute Gasteiger partial charge is 0.291 e. The van der Waals surface area contributed by atoms with Gasteiger partial charge in [-0.05, 0) is 42.5 Å². The van der Waals surface area contributed by atoms with Gasteiger partial charge in [-0.2, -0.15) is 0 Å². The first-order chi connectivity index (χ1) is 13.6. The first-order valence-electron chi connectivity index (χ1n) is 8.53. The quantitative estimate of drug-likeness (QED) is 0.559. The van der Waals surface area contributed by atoms with Crippen molar-refractivity contribution in [1.82, 2.24) is 4.98 Å². The van der Waals surface area contributed by atoms with Crippen molar-refractivity contribution in [2.45, 2.75) is 0 Å². The van der Waals surface area contributed by atoms with Crippen molar-refractivity contribution >= 4 is 33.6 Å². The highest BCUT2D eigenvalue weighted by molar-refractivity contribution is 6.06. The van der Waals surface area contributed by atoms with Gasteiger partial charge in [0.1, 0.15) is 17.2 Å². The molecule has 0 radical (unpaired) electrons. The normalized spacial score (nSPS) is 10.8. The van der Waals surface area contributed by atoms with Crippen LogP contribution >= 0.6 is 0 Å². The summed E-state index contributed by atoms with van der Waals surface area (Å²) >= 11 is 0. The molecule has 28 heavy (non-hydrogen) atoms. The van der Waals surface area contributed by atoms with Gasteiger partial charge in [0.15, 0.2) is 5.76 Å². The van der Waals surface area contributed by atoms with Gasteiger partial charge in [0.2, 0.25) is 5.71 Å². The summed E-state index contributed by atoms with van der Waals surface area (Å²) in [6.07, 6.45) is 0. The number of pyridine rings is 1. The van der Waals surface area contributed by atoms with Crippen LogP contribution < -0.4 is 19.5 Å². The fourth-order valence-corrected chi connectivity index (χ4v) is 2.94. The highest BCUT2D eigenvalue weighted by Gasteiger charge is 2.16. The number of carbonyl (C=O) groups excluding carboxylic acids is 1. The average molecular weight is 378 g/mol. The second kappa shape index (κ2) is 7.11. The summed E-state index contributed by atoms with van der Waals surface area (Å²) in [5.74, 6) is 1.61. The lowest BCUT2D eigenvalue weighted by atomic mass is 10.2.